The van der Waals surface area contributed by atoms with Gasteiger partial charge in [0.25, 0.3) is 5.24 Å². The van der Waals surface area contributed by atoms with Crippen molar-refractivity contribution in [3.63, 3.8) is 0 Å². The predicted molar refractivity (Wildman–Crippen MR) is 109 cm³/mol. The first-order chi connectivity index (χ1) is 13.1. The van der Waals surface area contributed by atoms with Crippen LogP contribution in [0, 0.1) is 0 Å². The minimum absolute atomic E-state index is 0.236. The SMILES string of the molecule is CCCCOc1cc(C(=O)Cl)c(OCC)c(OCCCC)c1OCCCC. The molecule has 0 amide bonds. The number of carbonyl (C=O) groups is 1. The van der Waals surface area contributed by atoms with Crippen LogP contribution in [0.15, 0.2) is 6.07 Å². The molecule has 1 aromatic rings. The lowest BCUT2D eigenvalue weighted by molar-refractivity contribution is 0.107. The Morgan fingerprint density at radius 2 is 1.30 bits per heavy atom. The third-order valence-corrected chi connectivity index (χ3v) is 4.10. The molecule has 0 spiro atoms. The number of benzene rings is 1. The first-order valence-electron chi connectivity index (χ1n) is 10.0. The molecule has 0 bridgehead atoms. The maximum atomic E-state index is 12.0. The molecule has 0 aliphatic carbocycles. The lowest BCUT2D eigenvalue weighted by Crippen LogP contribution is -2.10. The highest BCUT2D eigenvalue weighted by Gasteiger charge is 2.26. The fraction of sp³-hybridized carbons (Fsp3) is 0.667. The normalized spacial score (nSPS) is 10.6. The van der Waals surface area contributed by atoms with Crippen molar-refractivity contribution in [1.82, 2.24) is 0 Å². The van der Waals surface area contributed by atoms with E-state index in [-0.39, 0.29) is 5.56 Å². The van der Waals surface area contributed by atoms with Gasteiger partial charge >= 0.3 is 0 Å². The van der Waals surface area contributed by atoms with Gasteiger partial charge < -0.3 is 18.9 Å². The third-order valence-electron chi connectivity index (χ3n) is 3.90. The molecule has 0 fully saturated rings. The first-order valence-corrected chi connectivity index (χ1v) is 10.4. The number of hydrogen-bond donors (Lipinski definition) is 0. The molecule has 0 saturated heterocycles. The standard InChI is InChI=1S/C21H33ClO5/c1-5-9-12-25-17-15-16(21(22)23)18(24-8-4)20(27-14-11-7-3)19(17)26-13-10-6-2/h15H,5-14H2,1-4H3. The summed E-state index contributed by atoms with van der Waals surface area (Å²) >= 11 is 5.82. The first kappa shape index (κ1) is 23.4. The van der Waals surface area contributed by atoms with Gasteiger partial charge in [0.1, 0.15) is 0 Å². The van der Waals surface area contributed by atoms with E-state index < -0.39 is 5.24 Å². The zero-order valence-corrected chi connectivity index (χ0v) is 17.8. The summed E-state index contributed by atoms with van der Waals surface area (Å²) in [7, 11) is 0. The third kappa shape index (κ3) is 7.49. The maximum Gasteiger partial charge on any atom is 0.256 e. The van der Waals surface area contributed by atoms with Crippen molar-refractivity contribution in [2.45, 2.75) is 66.2 Å². The Kier molecular flexibility index (Phi) is 11.7. The molecule has 5 nitrogen and oxygen atoms in total. The van der Waals surface area contributed by atoms with E-state index in [1.54, 1.807) is 6.07 Å². The number of unbranched alkanes of at least 4 members (excludes halogenated alkanes) is 3. The Labute approximate surface area is 168 Å². The Balaban J connectivity index is 3.40. The van der Waals surface area contributed by atoms with Crippen LogP contribution in [0.4, 0.5) is 0 Å². The van der Waals surface area contributed by atoms with Gasteiger partial charge in [-0.25, -0.2) is 0 Å². The van der Waals surface area contributed by atoms with Crippen LogP contribution in [0.5, 0.6) is 23.0 Å². The topological polar surface area (TPSA) is 54.0 Å². The molecule has 0 aliphatic rings. The highest BCUT2D eigenvalue weighted by molar-refractivity contribution is 6.68. The number of rotatable bonds is 15. The summed E-state index contributed by atoms with van der Waals surface area (Å²) in [6.07, 6.45) is 5.69. The highest BCUT2D eigenvalue weighted by atomic mass is 35.5. The lowest BCUT2D eigenvalue weighted by atomic mass is 10.1. The molecule has 0 radical (unpaired) electrons. The molecule has 0 unspecified atom stereocenters. The Morgan fingerprint density at radius 1 is 0.778 bits per heavy atom. The second kappa shape index (κ2) is 13.5. The van der Waals surface area contributed by atoms with E-state index in [0.29, 0.717) is 49.4 Å². The van der Waals surface area contributed by atoms with E-state index in [2.05, 4.69) is 20.8 Å². The molecule has 0 N–H and O–H groups in total. The molecule has 0 saturated carbocycles. The van der Waals surface area contributed by atoms with Crippen LogP contribution in [-0.2, 0) is 0 Å². The fourth-order valence-electron chi connectivity index (χ4n) is 2.37. The zero-order chi connectivity index (χ0) is 20.1. The minimum atomic E-state index is -0.612. The average molecular weight is 401 g/mol. The van der Waals surface area contributed by atoms with Gasteiger partial charge in [-0.1, -0.05) is 40.0 Å². The molecule has 154 valence electrons. The van der Waals surface area contributed by atoms with Gasteiger partial charge in [0.05, 0.1) is 32.0 Å². The molecule has 0 heterocycles. The molecular weight excluding hydrogens is 368 g/mol. The summed E-state index contributed by atoms with van der Waals surface area (Å²) < 4.78 is 23.6. The summed E-state index contributed by atoms with van der Waals surface area (Å²) in [5.41, 5.74) is 0.236. The summed E-state index contributed by atoms with van der Waals surface area (Å²) in [4.78, 5) is 12.0. The number of carbonyl (C=O) groups excluding carboxylic acids is 1. The Morgan fingerprint density at radius 3 is 1.78 bits per heavy atom. The number of hydrogen-bond acceptors (Lipinski definition) is 5. The quantitative estimate of drug-likeness (QED) is 0.267. The van der Waals surface area contributed by atoms with Crippen molar-refractivity contribution in [2.75, 3.05) is 26.4 Å². The molecule has 1 rings (SSSR count). The van der Waals surface area contributed by atoms with Crippen molar-refractivity contribution in [1.29, 1.82) is 0 Å². The molecule has 0 atom stereocenters. The Hall–Kier alpha value is -1.62. The number of ether oxygens (including phenoxy) is 4. The smallest absolute Gasteiger partial charge is 0.256 e. The van der Waals surface area contributed by atoms with Crippen molar-refractivity contribution >= 4 is 16.8 Å². The van der Waals surface area contributed by atoms with Crippen LogP contribution < -0.4 is 18.9 Å². The maximum absolute atomic E-state index is 12.0. The fourth-order valence-corrected chi connectivity index (χ4v) is 2.51. The van der Waals surface area contributed by atoms with Gasteiger partial charge in [-0.2, -0.15) is 0 Å². The summed E-state index contributed by atoms with van der Waals surface area (Å²) in [5, 5.41) is -0.612. The molecule has 27 heavy (non-hydrogen) atoms. The molecular formula is C21H33ClO5. The van der Waals surface area contributed by atoms with Crippen LogP contribution in [0.3, 0.4) is 0 Å². The van der Waals surface area contributed by atoms with Gasteiger partial charge in [0.2, 0.25) is 11.5 Å². The predicted octanol–water partition coefficient (Wildman–Crippen LogP) is 6.00. The highest BCUT2D eigenvalue weighted by Crippen LogP contribution is 2.48. The van der Waals surface area contributed by atoms with Crippen LogP contribution in [0.2, 0.25) is 0 Å². The van der Waals surface area contributed by atoms with Gasteiger partial charge in [-0.15, -0.1) is 0 Å². The second-order valence-electron chi connectivity index (χ2n) is 6.22. The molecule has 6 heteroatoms. The van der Waals surface area contributed by atoms with Gasteiger partial charge in [0.15, 0.2) is 11.5 Å². The van der Waals surface area contributed by atoms with E-state index in [1.807, 2.05) is 6.92 Å². The van der Waals surface area contributed by atoms with Crippen molar-refractivity contribution in [3.05, 3.63) is 11.6 Å². The average Bonchev–Trinajstić information content (AvgIpc) is 2.65. The van der Waals surface area contributed by atoms with Crippen LogP contribution in [0.1, 0.15) is 76.6 Å². The van der Waals surface area contributed by atoms with Crippen molar-refractivity contribution in [2.24, 2.45) is 0 Å². The van der Waals surface area contributed by atoms with Crippen molar-refractivity contribution < 1.29 is 23.7 Å². The van der Waals surface area contributed by atoms with E-state index in [4.69, 9.17) is 30.5 Å². The minimum Gasteiger partial charge on any atom is -0.490 e. The molecule has 0 aliphatic heterocycles. The van der Waals surface area contributed by atoms with E-state index >= 15 is 0 Å². The Bertz CT molecular complexity index is 574. The summed E-state index contributed by atoms with van der Waals surface area (Å²) in [6.45, 7) is 10.1. The van der Waals surface area contributed by atoms with E-state index in [0.717, 1.165) is 38.5 Å². The van der Waals surface area contributed by atoms with E-state index in [1.165, 1.54) is 0 Å². The van der Waals surface area contributed by atoms with Crippen LogP contribution >= 0.6 is 11.6 Å². The molecule has 1 aromatic carbocycles. The molecule has 0 aromatic heterocycles. The zero-order valence-electron chi connectivity index (χ0n) is 17.1. The second-order valence-corrected chi connectivity index (χ2v) is 6.57. The van der Waals surface area contributed by atoms with Gasteiger partial charge in [-0.05, 0) is 37.8 Å². The van der Waals surface area contributed by atoms with Crippen LogP contribution in [0.25, 0.3) is 0 Å². The van der Waals surface area contributed by atoms with E-state index in [9.17, 15) is 4.79 Å². The summed E-state index contributed by atoms with van der Waals surface area (Å²) in [6, 6.07) is 1.60. The van der Waals surface area contributed by atoms with Crippen LogP contribution in [-0.4, -0.2) is 31.7 Å². The number of halogens is 1. The van der Waals surface area contributed by atoms with Crippen molar-refractivity contribution in [3.8, 4) is 23.0 Å². The van der Waals surface area contributed by atoms with Gasteiger partial charge in [0, 0.05) is 6.07 Å². The summed E-state index contributed by atoms with van der Waals surface area (Å²) in [5.74, 6) is 1.68. The monoisotopic (exact) mass is 400 g/mol. The largest absolute Gasteiger partial charge is 0.490 e. The lowest BCUT2D eigenvalue weighted by Gasteiger charge is -2.21. The van der Waals surface area contributed by atoms with Gasteiger partial charge in [-0.3, -0.25) is 4.79 Å².